The van der Waals surface area contributed by atoms with Gasteiger partial charge in [-0.05, 0) is 51.6 Å². The number of hydrogen-bond donors (Lipinski definition) is 1. The van der Waals surface area contributed by atoms with E-state index >= 15 is 0 Å². The zero-order valence-corrected chi connectivity index (χ0v) is 9.45. The minimum atomic E-state index is -0.00324. The maximum absolute atomic E-state index is 9.99. The van der Waals surface area contributed by atoms with Crippen LogP contribution in [-0.2, 0) is 0 Å². The summed E-state index contributed by atoms with van der Waals surface area (Å²) in [4.78, 5) is 2.37. The third-order valence-corrected chi connectivity index (χ3v) is 4.28. The second-order valence-electron chi connectivity index (χ2n) is 5.29. The molecule has 0 aliphatic heterocycles. The van der Waals surface area contributed by atoms with Crippen molar-refractivity contribution in [1.29, 1.82) is 0 Å². The smallest absolute Gasteiger partial charge is 0.0571 e. The zero-order valence-electron chi connectivity index (χ0n) is 9.45. The standard InChI is InChI=1S/C12H23NO/c1-13(2)11-7-3-6-10-9(11)5-4-8-12(10)14/h9-12,14H,3-8H2,1-2H3/t9-,10+,11?,12?/m0/s1. The summed E-state index contributed by atoms with van der Waals surface area (Å²) in [5, 5.41) is 9.99. The van der Waals surface area contributed by atoms with Gasteiger partial charge in [0, 0.05) is 6.04 Å². The molecule has 0 heterocycles. The van der Waals surface area contributed by atoms with Crippen molar-refractivity contribution in [2.45, 2.75) is 50.7 Å². The summed E-state index contributed by atoms with van der Waals surface area (Å²) in [7, 11) is 4.38. The van der Waals surface area contributed by atoms with Crippen LogP contribution in [0.15, 0.2) is 0 Å². The van der Waals surface area contributed by atoms with E-state index in [0.717, 1.165) is 18.4 Å². The first kappa shape index (κ1) is 10.4. The van der Waals surface area contributed by atoms with Gasteiger partial charge >= 0.3 is 0 Å². The molecule has 14 heavy (non-hydrogen) atoms. The van der Waals surface area contributed by atoms with E-state index in [1.807, 2.05) is 0 Å². The quantitative estimate of drug-likeness (QED) is 0.694. The minimum Gasteiger partial charge on any atom is -0.393 e. The van der Waals surface area contributed by atoms with Gasteiger partial charge < -0.3 is 10.0 Å². The van der Waals surface area contributed by atoms with Gasteiger partial charge in [-0.1, -0.05) is 12.8 Å². The van der Waals surface area contributed by atoms with Crippen LogP contribution in [-0.4, -0.2) is 36.2 Å². The normalized spacial score (nSPS) is 43.7. The van der Waals surface area contributed by atoms with Crippen molar-refractivity contribution in [3.63, 3.8) is 0 Å². The van der Waals surface area contributed by atoms with Gasteiger partial charge in [0.2, 0.25) is 0 Å². The Kier molecular flexibility index (Phi) is 3.13. The zero-order chi connectivity index (χ0) is 10.1. The molecule has 2 heteroatoms. The van der Waals surface area contributed by atoms with Gasteiger partial charge in [0.25, 0.3) is 0 Å². The molecule has 4 atom stereocenters. The van der Waals surface area contributed by atoms with E-state index < -0.39 is 0 Å². The van der Waals surface area contributed by atoms with Crippen molar-refractivity contribution < 1.29 is 5.11 Å². The van der Waals surface area contributed by atoms with Crippen molar-refractivity contribution in [3.05, 3.63) is 0 Å². The van der Waals surface area contributed by atoms with E-state index in [1.54, 1.807) is 0 Å². The molecular formula is C12H23NO. The number of aliphatic hydroxyl groups is 1. The van der Waals surface area contributed by atoms with Crippen LogP contribution in [0.1, 0.15) is 38.5 Å². The number of nitrogens with zero attached hydrogens (tertiary/aromatic N) is 1. The van der Waals surface area contributed by atoms with E-state index in [4.69, 9.17) is 0 Å². The molecule has 0 aromatic rings. The number of aliphatic hydroxyl groups excluding tert-OH is 1. The third kappa shape index (κ3) is 1.82. The van der Waals surface area contributed by atoms with Crippen LogP contribution in [0, 0.1) is 11.8 Å². The average molecular weight is 197 g/mol. The summed E-state index contributed by atoms with van der Waals surface area (Å²) in [5.74, 6) is 1.37. The van der Waals surface area contributed by atoms with Crippen molar-refractivity contribution in [2.75, 3.05) is 14.1 Å². The highest BCUT2D eigenvalue weighted by molar-refractivity contribution is 4.92. The maximum Gasteiger partial charge on any atom is 0.0571 e. The summed E-state index contributed by atoms with van der Waals surface area (Å²) >= 11 is 0. The largest absolute Gasteiger partial charge is 0.393 e. The molecule has 0 radical (unpaired) electrons. The maximum atomic E-state index is 9.99. The third-order valence-electron chi connectivity index (χ3n) is 4.28. The first-order chi connectivity index (χ1) is 6.70. The molecule has 0 amide bonds. The second kappa shape index (κ2) is 4.19. The fourth-order valence-electron chi connectivity index (χ4n) is 3.58. The SMILES string of the molecule is CN(C)C1CCC[C@H]2C(O)CCC[C@H]12. The molecule has 0 aromatic heterocycles. The highest BCUT2D eigenvalue weighted by atomic mass is 16.3. The van der Waals surface area contributed by atoms with Crippen LogP contribution in [0.25, 0.3) is 0 Å². The van der Waals surface area contributed by atoms with Crippen LogP contribution >= 0.6 is 0 Å². The lowest BCUT2D eigenvalue weighted by atomic mass is 9.67. The highest BCUT2D eigenvalue weighted by Gasteiger charge is 2.39. The van der Waals surface area contributed by atoms with E-state index in [2.05, 4.69) is 19.0 Å². The second-order valence-corrected chi connectivity index (χ2v) is 5.29. The lowest BCUT2D eigenvalue weighted by Crippen LogP contribution is -2.47. The molecule has 2 saturated carbocycles. The van der Waals surface area contributed by atoms with Crippen LogP contribution in [0.5, 0.6) is 0 Å². The minimum absolute atomic E-state index is 0.00324. The molecule has 2 aliphatic carbocycles. The Morgan fingerprint density at radius 3 is 2.29 bits per heavy atom. The topological polar surface area (TPSA) is 23.5 Å². The Morgan fingerprint density at radius 2 is 1.57 bits per heavy atom. The number of hydrogen-bond acceptors (Lipinski definition) is 2. The lowest BCUT2D eigenvalue weighted by molar-refractivity contribution is -0.0241. The first-order valence-electron chi connectivity index (χ1n) is 6.04. The predicted octanol–water partition coefficient (Wildman–Crippen LogP) is 1.88. The molecule has 82 valence electrons. The predicted molar refractivity (Wildman–Crippen MR) is 58.2 cm³/mol. The Hall–Kier alpha value is -0.0800. The Balaban J connectivity index is 2.08. The molecule has 2 fully saturated rings. The van der Waals surface area contributed by atoms with Crippen LogP contribution in [0.2, 0.25) is 0 Å². The Labute approximate surface area is 87.3 Å². The fraction of sp³-hybridized carbons (Fsp3) is 1.00. The Bertz CT molecular complexity index is 187. The van der Waals surface area contributed by atoms with Gasteiger partial charge in [-0.25, -0.2) is 0 Å². The summed E-state index contributed by atoms with van der Waals surface area (Å²) in [6, 6.07) is 0.726. The summed E-state index contributed by atoms with van der Waals surface area (Å²) in [6.07, 6.45) is 7.51. The van der Waals surface area contributed by atoms with E-state index in [1.165, 1.54) is 32.1 Å². The van der Waals surface area contributed by atoms with E-state index in [9.17, 15) is 5.11 Å². The van der Waals surface area contributed by atoms with Crippen molar-refractivity contribution in [1.82, 2.24) is 4.90 Å². The molecule has 2 rings (SSSR count). The van der Waals surface area contributed by atoms with Crippen molar-refractivity contribution >= 4 is 0 Å². The molecule has 2 unspecified atom stereocenters. The molecule has 0 bridgehead atoms. The Morgan fingerprint density at radius 1 is 0.929 bits per heavy atom. The number of fused-ring (bicyclic) bond motifs is 1. The van der Waals surface area contributed by atoms with Crippen LogP contribution in [0.4, 0.5) is 0 Å². The molecule has 0 saturated heterocycles. The molecule has 1 N–H and O–H groups in total. The highest BCUT2D eigenvalue weighted by Crippen LogP contribution is 2.41. The molecule has 2 nitrogen and oxygen atoms in total. The fourth-order valence-corrected chi connectivity index (χ4v) is 3.58. The molecular weight excluding hydrogens is 174 g/mol. The van der Waals surface area contributed by atoms with Gasteiger partial charge in [-0.2, -0.15) is 0 Å². The lowest BCUT2D eigenvalue weighted by Gasteiger charge is -2.46. The summed E-state index contributed by atoms with van der Waals surface area (Å²) in [5.41, 5.74) is 0. The van der Waals surface area contributed by atoms with Gasteiger partial charge in [-0.3, -0.25) is 0 Å². The van der Waals surface area contributed by atoms with Crippen LogP contribution < -0.4 is 0 Å². The average Bonchev–Trinajstić information content (AvgIpc) is 2.17. The summed E-state index contributed by atoms with van der Waals surface area (Å²) < 4.78 is 0. The summed E-state index contributed by atoms with van der Waals surface area (Å²) in [6.45, 7) is 0. The first-order valence-corrected chi connectivity index (χ1v) is 6.04. The van der Waals surface area contributed by atoms with Crippen molar-refractivity contribution in [2.24, 2.45) is 11.8 Å². The monoisotopic (exact) mass is 197 g/mol. The number of rotatable bonds is 1. The van der Waals surface area contributed by atoms with E-state index in [0.29, 0.717) is 5.92 Å². The van der Waals surface area contributed by atoms with Gasteiger partial charge in [0.05, 0.1) is 6.10 Å². The van der Waals surface area contributed by atoms with Gasteiger partial charge in [0.1, 0.15) is 0 Å². The van der Waals surface area contributed by atoms with Gasteiger partial charge in [-0.15, -0.1) is 0 Å². The molecule has 2 aliphatic rings. The molecule has 0 aromatic carbocycles. The van der Waals surface area contributed by atoms with Crippen LogP contribution in [0.3, 0.4) is 0 Å². The molecule has 0 spiro atoms. The van der Waals surface area contributed by atoms with E-state index in [-0.39, 0.29) is 6.10 Å². The van der Waals surface area contributed by atoms with Crippen molar-refractivity contribution in [3.8, 4) is 0 Å². The van der Waals surface area contributed by atoms with Gasteiger partial charge in [0.15, 0.2) is 0 Å².